The van der Waals surface area contributed by atoms with Crippen LogP contribution in [0.15, 0.2) is 30.0 Å². The Bertz CT molecular complexity index is 678. The summed E-state index contributed by atoms with van der Waals surface area (Å²) in [7, 11) is 0. The van der Waals surface area contributed by atoms with Crippen LogP contribution >= 0.6 is 22.6 Å². The summed E-state index contributed by atoms with van der Waals surface area (Å²) in [5.74, 6) is -2.14. The van der Waals surface area contributed by atoms with Gasteiger partial charge in [0.2, 0.25) is 0 Å². The van der Waals surface area contributed by atoms with Gasteiger partial charge < -0.3 is 15.7 Å². The van der Waals surface area contributed by atoms with Gasteiger partial charge in [0, 0.05) is 15.5 Å². The molecule has 23 heavy (non-hydrogen) atoms. The fourth-order valence-corrected chi connectivity index (χ4v) is 2.47. The SMILES string of the molecule is Cc1cc(I)ccc1N/C=C(/C#N)C(=O)NC(C(=O)O)C(C)C. The van der Waals surface area contributed by atoms with Crippen LogP contribution in [0.1, 0.15) is 19.4 Å². The number of carboxylic acid groups (broad SMARTS) is 1. The van der Waals surface area contributed by atoms with E-state index in [1.165, 1.54) is 6.20 Å². The minimum Gasteiger partial charge on any atom is -0.480 e. The normalized spacial score (nSPS) is 12.4. The molecule has 6 nitrogen and oxygen atoms in total. The summed E-state index contributed by atoms with van der Waals surface area (Å²) in [6, 6.07) is 6.44. The second-order valence-corrected chi connectivity index (χ2v) is 6.55. The Morgan fingerprint density at radius 3 is 2.52 bits per heavy atom. The molecule has 3 N–H and O–H groups in total. The molecule has 0 spiro atoms. The van der Waals surface area contributed by atoms with Crippen LogP contribution in [-0.2, 0) is 9.59 Å². The third-order valence-corrected chi connectivity index (χ3v) is 3.82. The molecule has 0 aliphatic carbocycles. The molecule has 1 amide bonds. The van der Waals surface area contributed by atoms with Gasteiger partial charge in [0.15, 0.2) is 0 Å². The van der Waals surface area contributed by atoms with Crippen molar-refractivity contribution in [1.82, 2.24) is 5.32 Å². The molecule has 0 saturated heterocycles. The van der Waals surface area contributed by atoms with Crippen molar-refractivity contribution in [3.8, 4) is 6.07 Å². The molecular weight excluding hydrogens is 409 g/mol. The summed E-state index contributed by atoms with van der Waals surface area (Å²) in [6.45, 7) is 5.27. The Kier molecular flexibility index (Phi) is 7.03. The minimum absolute atomic E-state index is 0.185. The highest BCUT2D eigenvalue weighted by Gasteiger charge is 2.24. The zero-order chi connectivity index (χ0) is 17.6. The Balaban J connectivity index is 2.88. The van der Waals surface area contributed by atoms with Gasteiger partial charge in [0.05, 0.1) is 0 Å². The number of carbonyl (C=O) groups is 2. The maximum atomic E-state index is 12.0. The fourth-order valence-electron chi connectivity index (χ4n) is 1.82. The standard InChI is InChI=1S/C16H18IN3O3/c1-9(2)14(16(22)23)20-15(21)11(7-18)8-19-13-5-4-12(17)6-10(13)3/h4-6,8-9,14,19H,1-3H3,(H,20,21)(H,22,23)/b11-8-. The molecule has 0 aliphatic heterocycles. The Morgan fingerprint density at radius 2 is 2.04 bits per heavy atom. The zero-order valence-electron chi connectivity index (χ0n) is 13.1. The molecule has 1 atom stereocenters. The van der Waals surface area contributed by atoms with E-state index in [1.807, 2.05) is 25.1 Å². The van der Waals surface area contributed by atoms with Gasteiger partial charge in [-0.15, -0.1) is 0 Å². The van der Waals surface area contributed by atoms with E-state index in [0.717, 1.165) is 14.8 Å². The quantitative estimate of drug-likeness (QED) is 0.368. The molecule has 1 rings (SSSR count). The molecule has 0 aliphatic rings. The number of rotatable bonds is 6. The number of hydrogen-bond acceptors (Lipinski definition) is 4. The van der Waals surface area contributed by atoms with Gasteiger partial charge in [0.1, 0.15) is 17.7 Å². The van der Waals surface area contributed by atoms with E-state index in [4.69, 9.17) is 10.4 Å². The third kappa shape index (κ3) is 5.56. The van der Waals surface area contributed by atoms with Crippen LogP contribution in [0.3, 0.4) is 0 Å². The number of aryl methyl sites for hydroxylation is 1. The van der Waals surface area contributed by atoms with E-state index < -0.39 is 17.9 Å². The second-order valence-electron chi connectivity index (χ2n) is 5.31. The number of carboxylic acids is 1. The average molecular weight is 427 g/mol. The zero-order valence-corrected chi connectivity index (χ0v) is 15.2. The predicted octanol–water partition coefficient (Wildman–Crippen LogP) is 2.64. The van der Waals surface area contributed by atoms with Crippen LogP contribution in [-0.4, -0.2) is 23.0 Å². The minimum atomic E-state index is -1.13. The van der Waals surface area contributed by atoms with E-state index in [1.54, 1.807) is 19.9 Å². The van der Waals surface area contributed by atoms with Gasteiger partial charge in [-0.1, -0.05) is 13.8 Å². The lowest BCUT2D eigenvalue weighted by Gasteiger charge is -2.17. The molecule has 0 aromatic heterocycles. The third-order valence-electron chi connectivity index (χ3n) is 3.14. The van der Waals surface area contributed by atoms with Crippen molar-refractivity contribution >= 4 is 40.2 Å². The number of benzene rings is 1. The first kappa shape index (κ1) is 19.0. The van der Waals surface area contributed by atoms with Crippen LogP contribution < -0.4 is 10.6 Å². The van der Waals surface area contributed by atoms with Gasteiger partial charge in [-0.2, -0.15) is 5.26 Å². The molecule has 0 heterocycles. The molecule has 0 bridgehead atoms. The van der Waals surface area contributed by atoms with Gasteiger partial charge in [-0.25, -0.2) is 4.79 Å². The summed E-state index contributed by atoms with van der Waals surface area (Å²) in [4.78, 5) is 23.2. The van der Waals surface area contributed by atoms with Crippen molar-refractivity contribution in [1.29, 1.82) is 5.26 Å². The number of nitrogens with zero attached hydrogens (tertiary/aromatic N) is 1. The van der Waals surface area contributed by atoms with E-state index in [9.17, 15) is 9.59 Å². The number of nitriles is 1. The van der Waals surface area contributed by atoms with Gasteiger partial charge >= 0.3 is 5.97 Å². The molecule has 0 radical (unpaired) electrons. The Morgan fingerprint density at radius 1 is 1.39 bits per heavy atom. The van der Waals surface area contributed by atoms with Crippen molar-refractivity contribution in [3.05, 3.63) is 39.1 Å². The van der Waals surface area contributed by atoms with Crippen LogP contribution in [0.2, 0.25) is 0 Å². The lowest BCUT2D eigenvalue weighted by atomic mass is 10.0. The van der Waals surface area contributed by atoms with Gasteiger partial charge in [-0.3, -0.25) is 4.79 Å². The molecule has 0 fully saturated rings. The van der Waals surface area contributed by atoms with Crippen molar-refractivity contribution in [2.24, 2.45) is 5.92 Å². The summed E-state index contributed by atoms with van der Waals surface area (Å²) in [6.07, 6.45) is 1.28. The van der Waals surface area contributed by atoms with Crippen LogP contribution in [0.25, 0.3) is 0 Å². The fraction of sp³-hybridized carbons (Fsp3) is 0.312. The van der Waals surface area contributed by atoms with Crippen molar-refractivity contribution in [2.45, 2.75) is 26.8 Å². The number of aliphatic carboxylic acids is 1. The number of hydrogen-bond donors (Lipinski definition) is 3. The van der Waals surface area contributed by atoms with Crippen molar-refractivity contribution < 1.29 is 14.7 Å². The Hall–Kier alpha value is -2.08. The highest BCUT2D eigenvalue weighted by molar-refractivity contribution is 14.1. The van der Waals surface area contributed by atoms with Crippen molar-refractivity contribution in [2.75, 3.05) is 5.32 Å². The molecular formula is C16H18IN3O3. The largest absolute Gasteiger partial charge is 0.480 e. The summed E-state index contributed by atoms with van der Waals surface area (Å²) >= 11 is 2.19. The molecule has 1 aromatic rings. The maximum absolute atomic E-state index is 12.0. The first-order chi connectivity index (χ1) is 10.8. The van der Waals surface area contributed by atoms with Crippen LogP contribution in [0, 0.1) is 27.7 Å². The van der Waals surface area contributed by atoms with E-state index in [0.29, 0.717) is 0 Å². The lowest BCUT2D eigenvalue weighted by Crippen LogP contribution is -2.44. The molecule has 1 aromatic carbocycles. The first-order valence-electron chi connectivity index (χ1n) is 6.93. The average Bonchev–Trinajstić information content (AvgIpc) is 2.46. The van der Waals surface area contributed by atoms with Crippen LogP contribution in [0.4, 0.5) is 5.69 Å². The summed E-state index contributed by atoms with van der Waals surface area (Å²) in [5, 5.41) is 23.5. The predicted molar refractivity (Wildman–Crippen MR) is 95.6 cm³/mol. The monoisotopic (exact) mass is 427 g/mol. The van der Waals surface area contributed by atoms with Gasteiger partial charge in [-0.05, 0) is 59.2 Å². The lowest BCUT2D eigenvalue weighted by molar-refractivity contribution is -0.142. The van der Waals surface area contributed by atoms with Crippen molar-refractivity contribution in [3.63, 3.8) is 0 Å². The number of nitrogens with one attached hydrogen (secondary N) is 2. The van der Waals surface area contributed by atoms with E-state index in [2.05, 4.69) is 33.2 Å². The number of halogens is 1. The second kappa shape index (κ2) is 8.53. The molecule has 7 heteroatoms. The molecule has 1 unspecified atom stereocenters. The van der Waals surface area contributed by atoms with Gasteiger partial charge in [0.25, 0.3) is 5.91 Å². The molecule has 122 valence electrons. The number of carbonyl (C=O) groups excluding carboxylic acids is 1. The highest BCUT2D eigenvalue weighted by atomic mass is 127. The van der Waals surface area contributed by atoms with E-state index >= 15 is 0 Å². The maximum Gasteiger partial charge on any atom is 0.326 e. The highest BCUT2D eigenvalue weighted by Crippen LogP contribution is 2.18. The first-order valence-corrected chi connectivity index (χ1v) is 8.00. The summed E-state index contributed by atoms with van der Waals surface area (Å²) < 4.78 is 1.08. The van der Waals surface area contributed by atoms with Crippen LogP contribution in [0.5, 0.6) is 0 Å². The Labute approximate surface area is 148 Å². The number of amides is 1. The number of anilines is 1. The summed E-state index contributed by atoms with van der Waals surface area (Å²) in [5.41, 5.74) is 1.55. The molecule has 0 saturated carbocycles. The topological polar surface area (TPSA) is 102 Å². The smallest absolute Gasteiger partial charge is 0.326 e. The van der Waals surface area contributed by atoms with E-state index in [-0.39, 0.29) is 11.5 Å².